The average molecular weight is 172 g/mol. The van der Waals surface area contributed by atoms with E-state index in [9.17, 15) is 5.11 Å². The summed E-state index contributed by atoms with van der Waals surface area (Å²) in [6.07, 6.45) is 5.75. The van der Waals surface area contributed by atoms with Crippen molar-refractivity contribution >= 4 is 0 Å². The molecule has 0 aliphatic carbocycles. The van der Waals surface area contributed by atoms with Crippen LogP contribution >= 0.6 is 0 Å². The molecule has 1 N–H and O–H groups in total. The summed E-state index contributed by atoms with van der Waals surface area (Å²) in [5, 5.41) is 9.59. The van der Waals surface area contributed by atoms with Crippen LogP contribution in [-0.2, 0) is 4.74 Å². The summed E-state index contributed by atoms with van der Waals surface area (Å²) < 4.78 is 5.37. The zero-order chi connectivity index (χ0) is 8.97. The molecule has 2 nitrogen and oxygen atoms in total. The van der Waals surface area contributed by atoms with Crippen LogP contribution in [0.15, 0.2) is 0 Å². The molecule has 3 unspecified atom stereocenters. The van der Waals surface area contributed by atoms with Crippen LogP contribution in [0.3, 0.4) is 0 Å². The Labute approximate surface area is 74.9 Å². The lowest BCUT2D eigenvalue weighted by atomic mass is 10.1. The molecule has 0 saturated carbocycles. The van der Waals surface area contributed by atoms with Crippen LogP contribution in [0.1, 0.15) is 46.0 Å². The summed E-state index contributed by atoms with van der Waals surface area (Å²) in [4.78, 5) is 0. The van der Waals surface area contributed by atoms with E-state index in [1.807, 2.05) is 0 Å². The van der Waals surface area contributed by atoms with Crippen LogP contribution in [-0.4, -0.2) is 23.4 Å². The van der Waals surface area contributed by atoms with Gasteiger partial charge in [0.25, 0.3) is 0 Å². The van der Waals surface area contributed by atoms with Crippen molar-refractivity contribution in [3.8, 4) is 0 Å². The third kappa shape index (κ3) is 2.76. The first-order valence-corrected chi connectivity index (χ1v) is 5.13. The van der Waals surface area contributed by atoms with Gasteiger partial charge in [0, 0.05) is 0 Å². The summed E-state index contributed by atoms with van der Waals surface area (Å²) in [5.41, 5.74) is 0. The quantitative estimate of drug-likeness (QED) is 0.622. The Morgan fingerprint density at radius 2 is 2.08 bits per heavy atom. The summed E-state index contributed by atoms with van der Waals surface area (Å²) in [6.45, 7) is 4.29. The highest BCUT2D eigenvalue weighted by Gasteiger charge is 2.42. The molecule has 0 amide bonds. The molecular formula is C10H20O2. The van der Waals surface area contributed by atoms with Gasteiger partial charge in [0.15, 0.2) is 0 Å². The summed E-state index contributed by atoms with van der Waals surface area (Å²) in [7, 11) is 0. The van der Waals surface area contributed by atoms with Gasteiger partial charge in [-0.2, -0.15) is 0 Å². The van der Waals surface area contributed by atoms with E-state index in [4.69, 9.17) is 4.74 Å². The molecule has 0 aromatic rings. The van der Waals surface area contributed by atoms with Crippen molar-refractivity contribution < 1.29 is 9.84 Å². The van der Waals surface area contributed by atoms with Crippen molar-refractivity contribution in [2.24, 2.45) is 0 Å². The first kappa shape index (κ1) is 10.0. The lowest BCUT2D eigenvalue weighted by Gasteiger charge is -2.05. The van der Waals surface area contributed by atoms with E-state index in [2.05, 4.69) is 13.8 Å². The van der Waals surface area contributed by atoms with Gasteiger partial charge in [0.2, 0.25) is 0 Å². The molecule has 3 atom stereocenters. The zero-order valence-electron chi connectivity index (χ0n) is 8.12. The van der Waals surface area contributed by atoms with Crippen molar-refractivity contribution in [1.82, 2.24) is 0 Å². The standard InChI is InChI=1S/C10H20O2/c1-3-5-7-8(11)10-9(12-10)6-4-2/h8-11H,3-7H2,1-2H3. The Bertz CT molecular complexity index is 125. The molecule has 72 valence electrons. The molecule has 1 saturated heterocycles. The van der Waals surface area contributed by atoms with Gasteiger partial charge in [0.1, 0.15) is 6.10 Å². The fourth-order valence-electron chi connectivity index (χ4n) is 1.59. The number of ether oxygens (including phenoxy) is 1. The van der Waals surface area contributed by atoms with Crippen LogP contribution in [0.2, 0.25) is 0 Å². The topological polar surface area (TPSA) is 32.8 Å². The Balaban J connectivity index is 2.06. The number of hydrogen-bond acceptors (Lipinski definition) is 2. The number of aliphatic hydroxyl groups is 1. The van der Waals surface area contributed by atoms with Crippen LogP contribution in [0, 0.1) is 0 Å². The highest BCUT2D eigenvalue weighted by molar-refractivity contribution is 4.89. The minimum absolute atomic E-state index is 0.163. The van der Waals surface area contributed by atoms with E-state index in [0.29, 0.717) is 6.10 Å². The molecule has 1 aliphatic rings. The predicted octanol–water partition coefficient (Wildman–Crippen LogP) is 2.10. The van der Waals surface area contributed by atoms with Gasteiger partial charge in [-0.15, -0.1) is 0 Å². The van der Waals surface area contributed by atoms with E-state index in [-0.39, 0.29) is 12.2 Å². The van der Waals surface area contributed by atoms with E-state index >= 15 is 0 Å². The lowest BCUT2D eigenvalue weighted by molar-refractivity contribution is 0.124. The van der Waals surface area contributed by atoms with E-state index in [1.54, 1.807) is 0 Å². The Hall–Kier alpha value is -0.0800. The Morgan fingerprint density at radius 1 is 1.33 bits per heavy atom. The van der Waals surface area contributed by atoms with Crippen molar-refractivity contribution in [2.45, 2.75) is 64.3 Å². The van der Waals surface area contributed by atoms with Crippen molar-refractivity contribution in [3.63, 3.8) is 0 Å². The number of unbranched alkanes of at least 4 members (excludes halogenated alkanes) is 1. The van der Waals surface area contributed by atoms with Crippen molar-refractivity contribution in [1.29, 1.82) is 0 Å². The SMILES string of the molecule is CCCCC(O)C1OC1CCC. The molecule has 1 heterocycles. The van der Waals surface area contributed by atoms with Crippen LogP contribution in [0.5, 0.6) is 0 Å². The summed E-state index contributed by atoms with van der Waals surface area (Å²) in [6, 6.07) is 0. The van der Waals surface area contributed by atoms with Gasteiger partial charge in [-0.05, 0) is 12.8 Å². The fourth-order valence-corrected chi connectivity index (χ4v) is 1.59. The molecule has 1 rings (SSSR count). The minimum Gasteiger partial charge on any atom is -0.390 e. The van der Waals surface area contributed by atoms with Gasteiger partial charge in [-0.25, -0.2) is 0 Å². The largest absolute Gasteiger partial charge is 0.390 e. The number of hydrogen-bond donors (Lipinski definition) is 1. The highest BCUT2D eigenvalue weighted by atomic mass is 16.6. The van der Waals surface area contributed by atoms with Gasteiger partial charge in [-0.3, -0.25) is 0 Å². The number of epoxide rings is 1. The smallest absolute Gasteiger partial charge is 0.110 e. The molecule has 1 aliphatic heterocycles. The maximum absolute atomic E-state index is 9.59. The summed E-state index contributed by atoms with van der Waals surface area (Å²) >= 11 is 0. The minimum atomic E-state index is -0.207. The first-order chi connectivity index (χ1) is 5.79. The van der Waals surface area contributed by atoms with Gasteiger partial charge in [0.05, 0.1) is 12.2 Å². The van der Waals surface area contributed by atoms with Crippen molar-refractivity contribution in [2.75, 3.05) is 0 Å². The second-order valence-electron chi connectivity index (χ2n) is 3.64. The van der Waals surface area contributed by atoms with Gasteiger partial charge >= 0.3 is 0 Å². The molecule has 0 aromatic carbocycles. The third-order valence-electron chi connectivity index (χ3n) is 2.43. The molecule has 0 radical (unpaired) electrons. The third-order valence-corrected chi connectivity index (χ3v) is 2.43. The van der Waals surface area contributed by atoms with E-state index in [1.165, 1.54) is 0 Å². The fraction of sp³-hybridized carbons (Fsp3) is 1.00. The van der Waals surface area contributed by atoms with Gasteiger partial charge < -0.3 is 9.84 Å². The van der Waals surface area contributed by atoms with Gasteiger partial charge in [-0.1, -0.05) is 33.1 Å². The van der Waals surface area contributed by atoms with Crippen LogP contribution < -0.4 is 0 Å². The molecule has 1 fully saturated rings. The van der Waals surface area contributed by atoms with E-state index < -0.39 is 0 Å². The Morgan fingerprint density at radius 3 is 2.67 bits per heavy atom. The normalized spacial score (nSPS) is 30.2. The maximum Gasteiger partial charge on any atom is 0.110 e. The number of rotatable bonds is 6. The molecule has 0 aromatic heterocycles. The van der Waals surface area contributed by atoms with Crippen LogP contribution in [0.4, 0.5) is 0 Å². The predicted molar refractivity (Wildman–Crippen MR) is 49.1 cm³/mol. The Kier molecular flexibility index (Phi) is 4.02. The second-order valence-corrected chi connectivity index (χ2v) is 3.64. The van der Waals surface area contributed by atoms with Crippen molar-refractivity contribution in [3.05, 3.63) is 0 Å². The first-order valence-electron chi connectivity index (χ1n) is 5.13. The summed E-state index contributed by atoms with van der Waals surface area (Å²) in [5.74, 6) is 0. The monoisotopic (exact) mass is 172 g/mol. The second kappa shape index (κ2) is 4.83. The van der Waals surface area contributed by atoms with Crippen LogP contribution in [0.25, 0.3) is 0 Å². The molecular weight excluding hydrogens is 152 g/mol. The van der Waals surface area contributed by atoms with E-state index in [0.717, 1.165) is 32.1 Å². The molecule has 2 heteroatoms. The lowest BCUT2D eigenvalue weighted by Crippen LogP contribution is -2.16. The average Bonchev–Trinajstić information content (AvgIpc) is 2.80. The molecule has 0 spiro atoms. The molecule has 12 heavy (non-hydrogen) atoms. The molecule has 0 bridgehead atoms. The number of aliphatic hydroxyl groups excluding tert-OH is 1. The highest BCUT2D eigenvalue weighted by Crippen LogP contribution is 2.31. The maximum atomic E-state index is 9.59. The zero-order valence-corrected chi connectivity index (χ0v) is 8.12.